The third-order valence-corrected chi connectivity index (χ3v) is 6.22. The lowest BCUT2D eigenvalue weighted by Gasteiger charge is -2.16. The average molecular weight is 407 g/mol. The number of hydrogen-bond acceptors (Lipinski definition) is 7. The molecule has 0 spiro atoms. The number of hydrogen-bond donors (Lipinski definition) is 1. The highest BCUT2D eigenvalue weighted by Crippen LogP contribution is 2.22. The van der Waals surface area contributed by atoms with E-state index in [2.05, 4.69) is 10.5 Å². The fourth-order valence-corrected chi connectivity index (χ4v) is 4.28. The van der Waals surface area contributed by atoms with E-state index < -0.39 is 28.0 Å². The van der Waals surface area contributed by atoms with E-state index in [4.69, 9.17) is 9.26 Å². The van der Waals surface area contributed by atoms with Crippen LogP contribution in [0.25, 0.3) is 0 Å². The first-order chi connectivity index (χ1) is 13.3. The van der Waals surface area contributed by atoms with Crippen molar-refractivity contribution in [1.82, 2.24) is 9.46 Å². The molecule has 0 radical (unpaired) electrons. The van der Waals surface area contributed by atoms with E-state index >= 15 is 0 Å². The number of rotatable bonds is 6. The summed E-state index contributed by atoms with van der Waals surface area (Å²) in [4.78, 5) is 24.3. The third kappa shape index (κ3) is 4.39. The van der Waals surface area contributed by atoms with Crippen molar-refractivity contribution in [2.75, 3.05) is 18.4 Å². The number of ether oxygens (including phenoxy) is 1. The van der Waals surface area contributed by atoms with Gasteiger partial charge in [0.2, 0.25) is 15.8 Å². The highest BCUT2D eigenvalue weighted by Gasteiger charge is 2.27. The Balaban J connectivity index is 1.60. The monoisotopic (exact) mass is 407 g/mol. The third-order valence-electron chi connectivity index (χ3n) is 4.31. The number of aromatic nitrogens is 1. The van der Waals surface area contributed by atoms with Crippen molar-refractivity contribution >= 4 is 27.6 Å². The van der Waals surface area contributed by atoms with Crippen LogP contribution in [0, 0.1) is 6.92 Å². The van der Waals surface area contributed by atoms with Gasteiger partial charge in [0.15, 0.2) is 6.10 Å². The molecule has 1 fully saturated rings. The Bertz CT molecular complexity index is 961. The number of nitrogens with one attached hydrogen (secondary N) is 1. The Labute approximate surface area is 162 Å². The lowest BCUT2D eigenvalue weighted by molar-refractivity contribution is -0.123. The molecule has 1 aliphatic heterocycles. The maximum absolute atomic E-state index is 12.5. The van der Waals surface area contributed by atoms with Gasteiger partial charge in [-0.3, -0.25) is 4.79 Å². The second-order valence-corrected chi connectivity index (χ2v) is 8.44. The van der Waals surface area contributed by atoms with Crippen LogP contribution in [0.1, 0.15) is 36.0 Å². The maximum atomic E-state index is 12.5. The van der Waals surface area contributed by atoms with E-state index in [1.54, 1.807) is 6.92 Å². The fraction of sp³-hybridized carbons (Fsp3) is 0.389. The van der Waals surface area contributed by atoms with Gasteiger partial charge in [0, 0.05) is 24.8 Å². The van der Waals surface area contributed by atoms with E-state index in [9.17, 15) is 18.0 Å². The van der Waals surface area contributed by atoms with Crippen LogP contribution in [0.3, 0.4) is 0 Å². The summed E-state index contributed by atoms with van der Waals surface area (Å²) in [6, 6.07) is 7.28. The molecule has 150 valence electrons. The molecule has 10 heteroatoms. The zero-order valence-electron chi connectivity index (χ0n) is 15.5. The van der Waals surface area contributed by atoms with Crippen molar-refractivity contribution in [3.63, 3.8) is 0 Å². The number of aryl methyl sites for hydroxylation is 1. The molecule has 1 saturated heterocycles. The van der Waals surface area contributed by atoms with E-state index in [1.807, 2.05) is 0 Å². The van der Waals surface area contributed by atoms with Crippen LogP contribution in [-0.2, 0) is 19.6 Å². The van der Waals surface area contributed by atoms with Crippen molar-refractivity contribution in [3.05, 3.63) is 41.8 Å². The molecular formula is C18H21N3O6S. The highest BCUT2D eigenvalue weighted by molar-refractivity contribution is 7.89. The minimum absolute atomic E-state index is 0.0892. The molecule has 1 aliphatic rings. The molecular weight excluding hydrogens is 386 g/mol. The summed E-state index contributed by atoms with van der Waals surface area (Å²) in [6.45, 7) is 4.12. The van der Waals surface area contributed by atoms with Gasteiger partial charge in [0.05, 0.1) is 10.6 Å². The summed E-state index contributed by atoms with van der Waals surface area (Å²) in [5.74, 6) is -1.44. The Morgan fingerprint density at radius 3 is 2.43 bits per heavy atom. The van der Waals surface area contributed by atoms with Crippen LogP contribution in [0.2, 0.25) is 0 Å². The molecule has 9 nitrogen and oxygen atoms in total. The van der Waals surface area contributed by atoms with Gasteiger partial charge >= 0.3 is 5.97 Å². The minimum Gasteiger partial charge on any atom is -0.447 e. The molecule has 1 amide bonds. The van der Waals surface area contributed by atoms with Gasteiger partial charge < -0.3 is 14.6 Å². The topological polar surface area (TPSA) is 119 Å². The van der Waals surface area contributed by atoms with Gasteiger partial charge in [0.25, 0.3) is 5.91 Å². The second-order valence-electron chi connectivity index (χ2n) is 6.50. The Kier molecular flexibility index (Phi) is 5.80. The lowest BCUT2D eigenvalue weighted by Crippen LogP contribution is -2.30. The quantitative estimate of drug-likeness (QED) is 0.727. The average Bonchev–Trinajstić information content (AvgIpc) is 3.34. The van der Waals surface area contributed by atoms with Gasteiger partial charge in [0.1, 0.15) is 0 Å². The number of benzene rings is 1. The van der Waals surface area contributed by atoms with Crippen molar-refractivity contribution in [2.24, 2.45) is 0 Å². The van der Waals surface area contributed by atoms with E-state index in [0.717, 1.165) is 12.8 Å². The van der Waals surface area contributed by atoms with Gasteiger partial charge in [-0.05, 0) is 51.0 Å². The van der Waals surface area contributed by atoms with Crippen LogP contribution in [-0.4, -0.2) is 48.9 Å². The summed E-state index contributed by atoms with van der Waals surface area (Å²) >= 11 is 0. The SMILES string of the molecule is Cc1cc(C(=O)O[C@H](C)C(=O)Nc2ccc(S(=O)(=O)N3CCCC3)cc2)on1. The van der Waals surface area contributed by atoms with Crippen LogP contribution >= 0.6 is 0 Å². The molecule has 3 rings (SSSR count). The number of esters is 1. The number of sulfonamides is 1. The summed E-state index contributed by atoms with van der Waals surface area (Å²) in [7, 11) is -3.51. The molecule has 0 saturated carbocycles. The summed E-state index contributed by atoms with van der Waals surface area (Å²) in [6.07, 6.45) is 0.640. The van der Waals surface area contributed by atoms with Crippen LogP contribution in [0.15, 0.2) is 39.8 Å². The Morgan fingerprint density at radius 1 is 1.21 bits per heavy atom. The molecule has 1 atom stereocenters. The minimum atomic E-state index is -3.51. The molecule has 1 N–H and O–H groups in total. The van der Waals surface area contributed by atoms with Crippen molar-refractivity contribution in [3.8, 4) is 0 Å². The number of carbonyl (C=O) groups is 2. The predicted octanol–water partition coefficient (Wildman–Crippen LogP) is 1.95. The zero-order valence-corrected chi connectivity index (χ0v) is 16.4. The van der Waals surface area contributed by atoms with Crippen molar-refractivity contribution in [2.45, 2.75) is 37.7 Å². The van der Waals surface area contributed by atoms with Crippen molar-refractivity contribution in [1.29, 1.82) is 0 Å². The van der Waals surface area contributed by atoms with Crippen molar-refractivity contribution < 1.29 is 27.3 Å². The smallest absolute Gasteiger partial charge is 0.377 e. The van der Waals surface area contributed by atoms with Gasteiger partial charge in [-0.15, -0.1) is 0 Å². The highest BCUT2D eigenvalue weighted by atomic mass is 32.2. The molecule has 2 heterocycles. The van der Waals surface area contributed by atoms with Crippen LogP contribution in [0.5, 0.6) is 0 Å². The predicted molar refractivity (Wildman–Crippen MR) is 99.2 cm³/mol. The zero-order chi connectivity index (χ0) is 20.3. The first kappa shape index (κ1) is 20.0. The van der Waals surface area contributed by atoms with Crippen LogP contribution < -0.4 is 5.32 Å². The summed E-state index contributed by atoms with van der Waals surface area (Å²) in [5, 5.41) is 6.17. The largest absolute Gasteiger partial charge is 0.447 e. The number of nitrogens with zero attached hydrogens (tertiary/aromatic N) is 2. The first-order valence-electron chi connectivity index (χ1n) is 8.83. The molecule has 28 heavy (non-hydrogen) atoms. The maximum Gasteiger partial charge on any atom is 0.377 e. The van der Waals surface area contributed by atoms with E-state index in [0.29, 0.717) is 24.5 Å². The lowest BCUT2D eigenvalue weighted by atomic mass is 10.3. The molecule has 0 unspecified atom stereocenters. The van der Waals surface area contributed by atoms with E-state index in [1.165, 1.54) is 41.6 Å². The fourth-order valence-electron chi connectivity index (χ4n) is 2.76. The molecule has 2 aromatic rings. The van der Waals surface area contributed by atoms with Gasteiger partial charge in [-0.25, -0.2) is 13.2 Å². The number of amides is 1. The van der Waals surface area contributed by atoms with Crippen LogP contribution in [0.4, 0.5) is 5.69 Å². The molecule has 0 bridgehead atoms. The summed E-state index contributed by atoms with van der Waals surface area (Å²) < 4.78 is 36.3. The van der Waals surface area contributed by atoms with E-state index in [-0.39, 0.29) is 10.7 Å². The Hall–Kier alpha value is -2.72. The van der Waals surface area contributed by atoms with Gasteiger partial charge in [-0.2, -0.15) is 4.31 Å². The second kappa shape index (κ2) is 8.11. The Morgan fingerprint density at radius 2 is 1.86 bits per heavy atom. The molecule has 0 aliphatic carbocycles. The molecule has 1 aromatic carbocycles. The van der Waals surface area contributed by atoms with Gasteiger partial charge in [-0.1, -0.05) is 5.16 Å². The number of carbonyl (C=O) groups excluding carboxylic acids is 2. The normalized spacial score (nSPS) is 15.9. The number of anilines is 1. The summed E-state index contributed by atoms with van der Waals surface area (Å²) in [5.41, 5.74) is 0.914. The standard InChI is InChI=1S/C18H21N3O6S/c1-12-11-16(27-20-12)18(23)26-13(2)17(22)19-14-5-7-15(8-6-14)28(24,25)21-9-3-4-10-21/h5-8,11,13H,3-4,9-10H2,1-2H3,(H,19,22)/t13-/m1/s1. The molecule has 1 aromatic heterocycles. The first-order valence-corrected chi connectivity index (χ1v) is 10.3.